The predicted octanol–water partition coefficient (Wildman–Crippen LogP) is 1.39. The van der Waals surface area contributed by atoms with Crippen molar-refractivity contribution < 1.29 is 9.90 Å². The lowest BCUT2D eigenvalue weighted by molar-refractivity contribution is -0.136. The van der Waals surface area contributed by atoms with Crippen LogP contribution in [0.25, 0.3) is 0 Å². The second-order valence-corrected chi connectivity index (χ2v) is 6.36. The standard InChI is InChI=1S/C13H21N3O2S/c1-9-11(7-12(17)18)19-13(14-9)10-8-15(2)5-4-6-16(10)3/h10H,4-8H2,1-3H3,(H,17,18). The van der Waals surface area contributed by atoms with Crippen molar-refractivity contribution in [2.24, 2.45) is 0 Å². The molecule has 1 unspecified atom stereocenters. The summed E-state index contributed by atoms with van der Waals surface area (Å²) in [5, 5.41) is 9.96. The summed E-state index contributed by atoms with van der Waals surface area (Å²) < 4.78 is 0. The Kier molecular flexibility index (Phi) is 4.54. The Morgan fingerprint density at radius 3 is 2.89 bits per heavy atom. The Bertz CT molecular complexity index is 461. The summed E-state index contributed by atoms with van der Waals surface area (Å²) in [6.07, 6.45) is 1.24. The molecule has 0 amide bonds. The molecule has 1 aliphatic heterocycles. The van der Waals surface area contributed by atoms with E-state index >= 15 is 0 Å². The van der Waals surface area contributed by atoms with Crippen LogP contribution < -0.4 is 0 Å². The number of rotatable bonds is 3. The average Bonchev–Trinajstić information content (AvgIpc) is 2.56. The molecule has 2 rings (SSSR count). The van der Waals surface area contributed by atoms with Crippen molar-refractivity contribution in [3.8, 4) is 0 Å². The lowest BCUT2D eigenvalue weighted by atomic mass is 10.2. The highest BCUT2D eigenvalue weighted by molar-refractivity contribution is 7.11. The van der Waals surface area contributed by atoms with Crippen molar-refractivity contribution in [3.63, 3.8) is 0 Å². The number of carboxylic acid groups (broad SMARTS) is 1. The first-order valence-corrected chi connectivity index (χ1v) is 7.36. The third kappa shape index (κ3) is 3.52. The number of thiazole rings is 1. The van der Waals surface area contributed by atoms with Gasteiger partial charge in [0, 0.05) is 11.4 Å². The summed E-state index contributed by atoms with van der Waals surface area (Å²) in [5.74, 6) is -0.787. The second-order valence-electron chi connectivity index (χ2n) is 5.24. The van der Waals surface area contributed by atoms with Gasteiger partial charge in [0.2, 0.25) is 0 Å². The Morgan fingerprint density at radius 2 is 2.21 bits per heavy atom. The summed E-state index contributed by atoms with van der Waals surface area (Å²) in [6, 6.07) is 0.277. The monoisotopic (exact) mass is 283 g/mol. The van der Waals surface area contributed by atoms with Gasteiger partial charge in [-0.05, 0) is 40.5 Å². The molecular weight excluding hydrogens is 262 g/mol. The fraction of sp³-hybridized carbons (Fsp3) is 0.692. The molecule has 0 aromatic carbocycles. The van der Waals surface area contributed by atoms with E-state index in [9.17, 15) is 4.79 Å². The van der Waals surface area contributed by atoms with E-state index in [-0.39, 0.29) is 12.5 Å². The van der Waals surface area contributed by atoms with Gasteiger partial charge in [-0.2, -0.15) is 0 Å². The lowest BCUT2D eigenvalue weighted by Gasteiger charge is -2.25. The van der Waals surface area contributed by atoms with Gasteiger partial charge in [-0.3, -0.25) is 9.69 Å². The summed E-state index contributed by atoms with van der Waals surface area (Å²) in [7, 11) is 4.25. The zero-order chi connectivity index (χ0) is 14.0. The van der Waals surface area contributed by atoms with Crippen LogP contribution in [0, 0.1) is 6.92 Å². The zero-order valence-corrected chi connectivity index (χ0v) is 12.5. The topological polar surface area (TPSA) is 56.7 Å². The summed E-state index contributed by atoms with van der Waals surface area (Å²) >= 11 is 1.55. The van der Waals surface area contributed by atoms with Crippen LogP contribution in [0.5, 0.6) is 0 Å². The highest BCUT2D eigenvalue weighted by Crippen LogP contribution is 2.29. The van der Waals surface area contributed by atoms with Crippen molar-refractivity contribution in [3.05, 3.63) is 15.6 Å². The van der Waals surface area contributed by atoms with Crippen molar-refractivity contribution in [1.82, 2.24) is 14.8 Å². The third-order valence-corrected chi connectivity index (χ3v) is 4.83. The summed E-state index contributed by atoms with van der Waals surface area (Å²) in [6.45, 7) is 5.02. The maximum atomic E-state index is 10.8. The van der Waals surface area contributed by atoms with Gasteiger partial charge in [0.15, 0.2) is 0 Å². The molecule has 1 aliphatic rings. The van der Waals surface area contributed by atoms with Gasteiger partial charge in [-0.25, -0.2) is 4.98 Å². The van der Waals surface area contributed by atoms with E-state index in [1.165, 1.54) is 0 Å². The van der Waals surface area contributed by atoms with E-state index in [4.69, 9.17) is 5.11 Å². The molecule has 2 heterocycles. The molecule has 0 saturated carbocycles. The highest BCUT2D eigenvalue weighted by Gasteiger charge is 2.25. The third-order valence-electron chi connectivity index (χ3n) is 3.57. The van der Waals surface area contributed by atoms with E-state index in [1.54, 1.807) is 11.3 Å². The fourth-order valence-corrected chi connectivity index (χ4v) is 3.65. The van der Waals surface area contributed by atoms with Crippen molar-refractivity contribution in [2.45, 2.75) is 25.8 Å². The number of carbonyl (C=O) groups is 1. The molecule has 1 aromatic heterocycles. The van der Waals surface area contributed by atoms with Gasteiger partial charge in [-0.1, -0.05) is 0 Å². The van der Waals surface area contributed by atoms with Crippen LogP contribution in [0.15, 0.2) is 0 Å². The van der Waals surface area contributed by atoms with Crippen LogP contribution in [-0.4, -0.2) is 59.6 Å². The van der Waals surface area contributed by atoms with Gasteiger partial charge in [0.05, 0.1) is 18.2 Å². The maximum Gasteiger partial charge on any atom is 0.308 e. The Labute approximate surface area is 117 Å². The second kappa shape index (κ2) is 5.98. The molecule has 5 nitrogen and oxygen atoms in total. The van der Waals surface area contributed by atoms with E-state index in [0.717, 1.165) is 41.6 Å². The van der Waals surface area contributed by atoms with Crippen LogP contribution in [-0.2, 0) is 11.2 Å². The largest absolute Gasteiger partial charge is 0.481 e. The molecule has 19 heavy (non-hydrogen) atoms. The number of likely N-dealkylation sites (N-methyl/N-ethyl adjacent to an activating group) is 2. The maximum absolute atomic E-state index is 10.8. The quantitative estimate of drug-likeness (QED) is 0.908. The number of aromatic nitrogens is 1. The molecule has 1 aromatic rings. The smallest absolute Gasteiger partial charge is 0.308 e. The number of aryl methyl sites for hydroxylation is 1. The predicted molar refractivity (Wildman–Crippen MR) is 75.7 cm³/mol. The normalized spacial score (nSPS) is 22.4. The molecule has 6 heteroatoms. The molecule has 1 atom stereocenters. The molecule has 0 bridgehead atoms. The Balaban J connectivity index is 2.21. The van der Waals surface area contributed by atoms with Gasteiger partial charge in [0.1, 0.15) is 5.01 Å². The lowest BCUT2D eigenvalue weighted by Crippen LogP contribution is -2.30. The van der Waals surface area contributed by atoms with Gasteiger partial charge >= 0.3 is 5.97 Å². The Morgan fingerprint density at radius 1 is 1.47 bits per heavy atom. The van der Waals surface area contributed by atoms with Crippen molar-refractivity contribution >= 4 is 17.3 Å². The number of aliphatic carboxylic acids is 1. The first kappa shape index (κ1) is 14.4. The molecule has 0 radical (unpaired) electrons. The minimum absolute atomic E-state index is 0.0791. The minimum atomic E-state index is -0.787. The van der Waals surface area contributed by atoms with Crippen LogP contribution >= 0.6 is 11.3 Å². The number of hydrogen-bond acceptors (Lipinski definition) is 5. The van der Waals surface area contributed by atoms with E-state index in [1.807, 2.05) is 6.92 Å². The molecule has 1 N–H and O–H groups in total. The first-order chi connectivity index (χ1) is 8.97. The SMILES string of the molecule is Cc1nc(C2CN(C)CCCN2C)sc1CC(=O)O. The Hall–Kier alpha value is -0.980. The van der Waals surface area contributed by atoms with Gasteiger partial charge < -0.3 is 10.0 Å². The molecule has 1 fully saturated rings. The summed E-state index contributed by atoms with van der Waals surface area (Å²) in [4.78, 5) is 21.0. The molecule has 106 valence electrons. The van der Waals surface area contributed by atoms with Gasteiger partial charge in [0.25, 0.3) is 0 Å². The van der Waals surface area contributed by atoms with Crippen LogP contribution in [0.4, 0.5) is 0 Å². The molecule has 1 saturated heterocycles. The van der Waals surface area contributed by atoms with Crippen LogP contribution in [0.1, 0.15) is 28.0 Å². The molecular formula is C13H21N3O2S. The number of hydrogen-bond donors (Lipinski definition) is 1. The van der Waals surface area contributed by atoms with E-state index in [0.29, 0.717) is 0 Å². The zero-order valence-electron chi connectivity index (χ0n) is 11.7. The molecule has 0 spiro atoms. The number of carboxylic acids is 1. The van der Waals surface area contributed by atoms with Crippen LogP contribution in [0.2, 0.25) is 0 Å². The van der Waals surface area contributed by atoms with Crippen LogP contribution in [0.3, 0.4) is 0 Å². The highest BCUT2D eigenvalue weighted by atomic mass is 32.1. The van der Waals surface area contributed by atoms with Gasteiger partial charge in [-0.15, -0.1) is 11.3 Å². The summed E-state index contributed by atoms with van der Waals surface area (Å²) in [5.41, 5.74) is 0.864. The first-order valence-electron chi connectivity index (χ1n) is 6.54. The molecule has 0 aliphatic carbocycles. The van der Waals surface area contributed by atoms with Crippen molar-refractivity contribution in [2.75, 3.05) is 33.7 Å². The number of nitrogens with zero attached hydrogens (tertiary/aromatic N) is 3. The average molecular weight is 283 g/mol. The fourth-order valence-electron chi connectivity index (χ4n) is 2.43. The van der Waals surface area contributed by atoms with Crippen molar-refractivity contribution in [1.29, 1.82) is 0 Å². The van der Waals surface area contributed by atoms with E-state index < -0.39 is 5.97 Å². The minimum Gasteiger partial charge on any atom is -0.481 e. The van der Waals surface area contributed by atoms with E-state index in [2.05, 4.69) is 28.9 Å².